The van der Waals surface area contributed by atoms with Gasteiger partial charge in [-0.1, -0.05) is 23.4 Å². The van der Waals surface area contributed by atoms with Crippen LogP contribution in [0.2, 0.25) is 5.02 Å². The van der Waals surface area contributed by atoms with Crippen LogP contribution in [0, 0.1) is 6.92 Å². The second kappa shape index (κ2) is 7.69. The second-order valence-electron chi connectivity index (χ2n) is 5.54. The lowest BCUT2D eigenvalue weighted by Gasteiger charge is -2.12. The molecule has 0 unspecified atom stereocenters. The number of hydrogen-bond acceptors (Lipinski definition) is 6. The molecule has 6 nitrogen and oxygen atoms in total. The van der Waals surface area contributed by atoms with Crippen molar-refractivity contribution in [2.75, 3.05) is 18.2 Å². The third-order valence-corrected chi connectivity index (χ3v) is 5.99. The van der Waals surface area contributed by atoms with E-state index in [9.17, 15) is 9.59 Å². The van der Waals surface area contributed by atoms with Crippen LogP contribution in [-0.2, 0) is 11.8 Å². The van der Waals surface area contributed by atoms with Crippen LogP contribution >= 0.6 is 34.7 Å². The van der Waals surface area contributed by atoms with Gasteiger partial charge in [0.2, 0.25) is 5.91 Å². The van der Waals surface area contributed by atoms with Crippen LogP contribution < -0.4 is 15.6 Å². The van der Waals surface area contributed by atoms with Crippen molar-refractivity contribution in [3.8, 4) is 5.75 Å². The van der Waals surface area contributed by atoms with Gasteiger partial charge in [0.05, 0.1) is 23.9 Å². The van der Waals surface area contributed by atoms with Gasteiger partial charge in [-0.05, 0) is 30.0 Å². The van der Waals surface area contributed by atoms with Crippen LogP contribution in [-0.4, -0.2) is 28.3 Å². The average Bonchev–Trinajstić information content (AvgIpc) is 3.08. The monoisotopic (exact) mass is 409 g/mol. The molecule has 1 N–H and O–H groups in total. The van der Waals surface area contributed by atoms with Crippen LogP contribution in [0.25, 0.3) is 10.2 Å². The highest BCUT2D eigenvalue weighted by atomic mass is 35.5. The number of carbonyl (C=O) groups is 1. The van der Waals surface area contributed by atoms with Crippen molar-refractivity contribution in [1.29, 1.82) is 0 Å². The Labute approximate surface area is 163 Å². The lowest BCUT2D eigenvalue weighted by atomic mass is 10.2. The van der Waals surface area contributed by atoms with Gasteiger partial charge in [-0.15, -0.1) is 11.3 Å². The van der Waals surface area contributed by atoms with Gasteiger partial charge in [-0.2, -0.15) is 0 Å². The van der Waals surface area contributed by atoms with E-state index >= 15 is 0 Å². The summed E-state index contributed by atoms with van der Waals surface area (Å²) in [6.07, 6.45) is 0. The Morgan fingerprint density at radius 1 is 1.46 bits per heavy atom. The van der Waals surface area contributed by atoms with E-state index in [1.54, 1.807) is 25.2 Å². The minimum atomic E-state index is -0.226. The lowest BCUT2D eigenvalue weighted by Crippen LogP contribution is -2.21. The maximum atomic E-state index is 12.3. The van der Waals surface area contributed by atoms with Gasteiger partial charge in [0, 0.05) is 18.1 Å². The van der Waals surface area contributed by atoms with Gasteiger partial charge in [-0.3, -0.25) is 14.2 Å². The maximum absolute atomic E-state index is 12.3. The largest absolute Gasteiger partial charge is 0.495 e. The predicted molar refractivity (Wildman–Crippen MR) is 107 cm³/mol. The Hall–Kier alpha value is -2.03. The summed E-state index contributed by atoms with van der Waals surface area (Å²) in [6.45, 7) is 1.85. The minimum absolute atomic E-state index is 0.113. The molecule has 0 atom stereocenters. The molecule has 0 aliphatic rings. The van der Waals surface area contributed by atoms with Crippen molar-refractivity contribution >= 4 is 56.5 Å². The van der Waals surface area contributed by atoms with Crippen molar-refractivity contribution in [3.05, 3.63) is 44.5 Å². The molecule has 0 spiro atoms. The quantitative estimate of drug-likeness (QED) is 0.513. The number of fused-ring (bicyclic) bond motifs is 1. The first kappa shape index (κ1) is 18.8. The summed E-state index contributed by atoms with van der Waals surface area (Å²) in [5.41, 5.74) is 1.27. The molecule has 136 valence electrons. The van der Waals surface area contributed by atoms with Crippen LogP contribution in [0.3, 0.4) is 0 Å². The average molecular weight is 410 g/mol. The third kappa shape index (κ3) is 3.72. The zero-order valence-corrected chi connectivity index (χ0v) is 16.7. The molecule has 0 bridgehead atoms. The number of anilines is 1. The molecular formula is C17H16ClN3O3S2. The fourth-order valence-electron chi connectivity index (χ4n) is 2.36. The number of methoxy groups -OCH3 is 1. The van der Waals surface area contributed by atoms with Gasteiger partial charge in [0.1, 0.15) is 10.6 Å². The zero-order valence-electron chi connectivity index (χ0n) is 14.3. The van der Waals surface area contributed by atoms with Crippen LogP contribution in [0.1, 0.15) is 5.56 Å². The summed E-state index contributed by atoms with van der Waals surface area (Å²) in [4.78, 5) is 29.7. The molecule has 2 aromatic heterocycles. The van der Waals surface area contributed by atoms with E-state index in [1.165, 1.54) is 34.8 Å². The second-order valence-corrected chi connectivity index (χ2v) is 7.78. The number of nitrogens with zero attached hydrogens (tertiary/aromatic N) is 2. The molecule has 9 heteroatoms. The highest BCUT2D eigenvalue weighted by Crippen LogP contribution is 2.31. The first-order valence-electron chi connectivity index (χ1n) is 7.61. The third-order valence-electron chi connectivity index (χ3n) is 3.75. The molecule has 0 aliphatic heterocycles. The van der Waals surface area contributed by atoms with Crippen LogP contribution in [0.4, 0.5) is 5.69 Å². The number of thioether (sulfide) groups is 1. The fraction of sp³-hybridized carbons (Fsp3) is 0.235. The number of thiophene rings is 1. The van der Waals surface area contributed by atoms with E-state index in [0.717, 1.165) is 5.56 Å². The highest BCUT2D eigenvalue weighted by molar-refractivity contribution is 7.99. The van der Waals surface area contributed by atoms with Crippen LogP contribution in [0.5, 0.6) is 5.75 Å². The maximum Gasteiger partial charge on any atom is 0.262 e. The van der Waals surface area contributed by atoms with Gasteiger partial charge >= 0.3 is 0 Å². The summed E-state index contributed by atoms with van der Waals surface area (Å²) in [6, 6.07) is 5.18. The van der Waals surface area contributed by atoms with Crippen LogP contribution in [0.15, 0.2) is 33.5 Å². The standard InChI is InChI=1S/C17H16ClN3O3S2/c1-9-6-12(13(24-3)7-11(9)18)19-14(22)8-26-17-20-15-10(4-5-25-15)16(23)21(17)2/h4-7H,8H2,1-3H3,(H,19,22). The molecule has 0 saturated carbocycles. The van der Waals surface area contributed by atoms with E-state index in [1.807, 2.05) is 12.3 Å². The summed E-state index contributed by atoms with van der Waals surface area (Å²) >= 11 is 8.69. The minimum Gasteiger partial charge on any atom is -0.495 e. The molecular weight excluding hydrogens is 394 g/mol. The van der Waals surface area contributed by atoms with Gasteiger partial charge in [-0.25, -0.2) is 4.98 Å². The van der Waals surface area contributed by atoms with Crippen molar-refractivity contribution < 1.29 is 9.53 Å². The van der Waals surface area contributed by atoms with E-state index in [2.05, 4.69) is 10.3 Å². The molecule has 1 aromatic carbocycles. The number of benzene rings is 1. The summed E-state index contributed by atoms with van der Waals surface area (Å²) in [5, 5.41) is 6.30. The number of rotatable bonds is 5. The Morgan fingerprint density at radius 3 is 2.96 bits per heavy atom. The zero-order chi connectivity index (χ0) is 18.8. The number of halogens is 1. The fourth-order valence-corrected chi connectivity index (χ4v) is 4.09. The molecule has 0 saturated heterocycles. The number of carbonyl (C=O) groups excluding carboxylic acids is 1. The molecule has 26 heavy (non-hydrogen) atoms. The first-order chi connectivity index (χ1) is 12.4. The molecule has 1 amide bonds. The number of ether oxygens (including phenoxy) is 1. The Balaban J connectivity index is 1.75. The number of amides is 1. The first-order valence-corrected chi connectivity index (χ1v) is 9.86. The van der Waals surface area contributed by atoms with E-state index < -0.39 is 0 Å². The van der Waals surface area contributed by atoms with Crippen molar-refractivity contribution in [1.82, 2.24) is 9.55 Å². The SMILES string of the molecule is COc1cc(Cl)c(C)cc1NC(=O)CSc1nc2sccc2c(=O)n1C. The molecule has 3 aromatic rings. The lowest BCUT2D eigenvalue weighted by molar-refractivity contribution is -0.113. The van der Waals surface area contributed by atoms with Gasteiger partial charge in [0.15, 0.2) is 5.16 Å². The molecule has 3 rings (SSSR count). The number of aromatic nitrogens is 2. The number of hydrogen-bond donors (Lipinski definition) is 1. The number of aryl methyl sites for hydroxylation is 1. The van der Waals surface area contributed by atoms with Crippen molar-refractivity contribution in [2.24, 2.45) is 7.05 Å². The topological polar surface area (TPSA) is 73.2 Å². The molecule has 0 radical (unpaired) electrons. The van der Waals surface area contributed by atoms with E-state index in [4.69, 9.17) is 16.3 Å². The smallest absolute Gasteiger partial charge is 0.262 e. The predicted octanol–water partition coefficient (Wildman–Crippen LogP) is 3.70. The normalized spacial score (nSPS) is 10.9. The summed E-state index contributed by atoms with van der Waals surface area (Å²) < 4.78 is 6.71. The van der Waals surface area contributed by atoms with Gasteiger partial charge in [0.25, 0.3) is 5.56 Å². The Morgan fingerprint density at radius 2 is 2.23 bits per heavy atom. The van der Waals surface area contributed by atoms with Crippen molar-refractivity contribution in [3.63, 3.8) is 0 Å². The number of nitrogens with one attached hydrogen (secondary N) is 1. The summed E-state index contributed by atoms with van der Waals surface area (Å²) in [5.74, 6) is 0.377. The Kier molecular flexibility index (Phi) is 5.55. The molecule has 0 fully saturated rings. The van der Waals surface area contributed by atoms with Gasteiger partial charge < -0.3 is 10.1 Å². The molecule has 2 heterocycles. The van der Waals surface area contributed by atoms with Crippen molar-refractivity contribution in [2.45, 2.75) is 12.1 Å². The van der Waals surface area contributed by atoms with E-state index in [-0.39, 0.29) is 17.2 Å². The molecule has 0 aliphatic carbocycles. The Bertz CT molecular complexity index is 1050. The highest BCUT2D eigenvalue weighted by Gasteiger charge is 2.14. The van der Waals surface area contributed by atoms with E-state index in [0.29, 0.717) is 31.8 Å². The summed E-state index contributed by atoms with van der Waals surface area (Å²) in [7, 11) is 3.17.